The summed E-state index contributed by atoms with van der Waals surface area (Å²) in [4.78, 5) is 29.5. The largest absolute Gasteiger partial charge is 0.494 e. The molecule has 9 nitrogen and oxygen atoms in total. The second kappa shape index (κ2) is 12.2. The first-order valence-corrected chi connectivity index (χ1v) is 15.6. The van der Waals surface area contributed by atoms with E-state index in [0.29, 0.717) is 43.1 Å². The van der Waals surface area contributed by atoms with Gasteiger partial charge in [-0.3, -0.25) is 9.78 Å². The standard InChI is InChI=1S/C33H43FN6O3/c1-19-10-12-39(13-11-35-19)31-25-16-20(2)36-29(23-6-7-23)30(25)38-32(40-14-15-43-18-21(40)3)28(31)33(41)37-22(4)24-8-9-26(34)27(17-24)42-5/h8-9,16-17,19,21-23,35H,6-7,10-15,18H2,1-5H3,(H,37,41)/t19-,21+,22-/m0/s1. The van der Waals surface area contributed by atoms with Gasteiger partial charge in [0.2, 0.25) is 0 Å². The van der Waals surface area contributed by atoms with E-state index in [1.54, 1.807) is 12.1 Å². The van der Waals surface area contributed by atoms with Crippen LogP contribution in [0.15, 0.2) is 24.3 Å². The Morgan fingerprint density at radius 2 is 1.98 bits per heavy atom. The van der Waals surface area contributed by atoms with E-state index < -0.39 is 11.9 Å². The molecule has 1 amide bonds. The first kappa shape index (κ1) is 29.6. The summed E-state index contributed by atoms with van der Waals surface area (Å²) in [6.07, 6.45) is 3.18. The topological polar surface area (TPSA) is 91.8 Å². The molecule has 3 aliphatic rings. The quantitative estimate of drug-likeness (QED) is 0.403. The minimum absolute atomic E-state index is 0.0467. The van der Waals surface area contributed by atoms with Crippen LogP contribution in [0.5, 0.6) is 5.75 Å². The number of benzene rings is 1. The molecular weight excluding hydrogens is 547 g/mol. The van der Waals surface area contributed by atoms with Crippen LogP contribution in [0.25, 0.3) is 10.9 Å². The van der Waals surface area contributed by atoms with Gasteiger partial charge in [-0.25, -0.2) is 9.37 Å². The summed E-state index contributed by atoms with van der Waals surface area (Å²) in [6, 6.07) is 6.84. The fourth-order valence-corrected chi connectivity index (χ4v) is 6.35. The lowest BCUT2D eigenvalue weighted by Gasteiger charge is -2.37. The van der Waals surface area contributed by atoms with Crippen molar-refractivity contribution in [3.8, 4) is 5.75 Å². The van der Waals surface area contributed by atoms with Gasteiger partial charge in [0.25, 0.3) is 5.91 Å². The Morgan fingerprint density at radius 1 is 1.16 bits per heavy atom. The Kier molecular flexibility index (Phi) is 8.42. The summed E-state index contributed by atoms with van der Waals surface area (Å²) < 4.78 is 25.2. The highest BCUT2D eigenvalue weighted by atomic mass is 19.1. The number of anilines is 2. The number of methoxy groups -OCH3 is 1. The maximum atomic E-state index is 14.6. The van der Waals surface area contributed by atoms with E-state index in [0.717, 1.165) is 72.4 Å². The Labute approximate surface area is 253 Å². The van der Waals surface area contributed by atoms with Crippen LogP contribution in [-0.4, -0.2) is 74.5 Å². The number of carbonyl (C=O) groups excluding carboxylic acids is 1. The van der Waals surface area contributed by atoms with Crippen molar-refractivity contribution in [1.82, 2.24) is 20.6 Å². The highest BCUT2D eigenvalue weighted by Gasteiger charge is 2.35. The molecule has 1 aliphatic carbocycles. The maximum Gasteiger partial charge on any atom is 0.257 e. The van der Waals surface area contributed by atoms with E-state index in [1.807, 2.05) is 13.8 Å². The molecule has 2 aromatic heterocycles. The number of amides is 1. The van der Waals surface area contributed by atoms with Crippen molar-refractivity contribution in [2.45, 2.75) is 71.0 Å². The van der Waals surface area contributed by atoms with Crippen molar-refractivity contribution in [3.05, 3.63) is 52.6 Å². The second-order valence-electron chi connectivity index (χ2n) is 12.3. The van der Waals surface area contributed by atoms with Crippen LogP contribution < -0.4 is 25.2 Å². The van der Waals surface area contributed by atoms with Crippen LogP contribution >= 0.6 is 0 Å². The fraction of sp³-hybridized carbons (Fsp3) is 0.545. The zero-order chi connectivity index (χ0) is 30.2. The van der Waals surface area contributed by atoms with Crippen LogP contribution in [0.4, 0.5) is 15.9 Å². The van der Waals surface area contributed by atoms with Gasteiger partial charge < -0.3 is 29.9 Å². The number of morpholine rings is 1. The number of fused-ring (bicyclic) bond motifs is 1. The normalized spacial score (nSPS) is 21.9. The molecule has 0 spiro atoms. The molecule has 6 rings (SSSR count). The van der Waals surface area contributed by atoms with Crippen molar-refractivity contribution in [1.29, 1.82) is 0 Å². The van der Waals surface area contributed by atoms with E-state index in [4.69, 9.17) is 19.4 Å². The van der Waals surface area contributed by atoms with Gasteiger partial charge in [-0.1, -0.05) is 6.07 Å². The predicted octanol–water partition coefficient (Wildman–Crippen LogP) is 4.87. The van der Waals surface area contributed by atoms with E-state index in [2.05, 4.69) is 40.3 Å². The number of nitrogens with zero attached hydrogens (tertiary/aromatic N) is 4. The highest BCUT2D eigenvalue weighted by Crippen LogP contribution is 2.45. The SMILES string of the molecule is COc1cc([C@H](C)NC(=O)c2c(N3CCOC[C@H]3C)nc3c(C4CC4)nc(C)cc3c2N2CCN[C@@H](C)CC2)ccc1F. The average Bonchev–Trinajstić information content (AvgIpc) is 3.85. The summed E-state index contributed by atoms with van der Waals surface area (Å²) >= 11 is 0. The van der Waals surface area contributed by atoms with Gasteiger partial charge in [-0.05, 0) is 70.7 Å². The Balaban J connectivity index is 1.54. The van der Waals surface area contributed by atoms with Crippen molar-refractivity contribution in [3.63, 3.8) is 0 Å². The van der Waals surface area contributed by atoms with Crippen molar-refractivity contribution >= 4 is 28.3 Å². The Morgan fingerprint density at radius 3 is 2.72 bits per heavy atom. The van der Waals surface area contributed by atoms with Crippen molar-refractivity contribution < 1.29 is 18.7 Å². The molecule has 10 heteroatoms. The number of hydrogen-bond donors (Lipinski definition) is 2. The smallest absolute Gasteiger partial charge is 0.257 e. The minimum Gasteiger partial charge on any atom is -0.494 e. The van der Waals surface area contributed by atoms with Gasteiger partial charge >= 0.3 is 0 Å². The molecule has 3 fully saturated rings. The van der Waals surface area contributed by atoms with Crippen LogP contribution in [0.2, 0.25) is 0 Å². The zero-order valence-electron chi connectivity index (χ0n) is 25.9. The molecule has 3 atom stereocenters. The van der Waals surface area contributed by atoms with Gasteiger partial charge in [-0.2, -0.15) is 0 Å². The minimum atomic E-state index is -0.436. The summed E-state index contributed by atoms with van der Waals surface area (Å²) in [6.45, 7) is 12.4. The number of ether oxygens (including phenoxy) is 2. The zero-order valence-corrected chi connectivity index (χ0v) is 25.9. The molecule has 2 aliphatic heterocycles. The third-order valence-electron chi connectivity index (χ3n) is 8.96. The molecule has 43 heavy (non-hydrogen) atoms. The number of rotatable bonds is 7. The summed E-state index contributed by atoms with van der Waals surface area (Å²) in [7, 11) is 1.44. The first-order valence-electron chi connectivity index (χ1n) is 15.6. The van der Waals surface area contributed by atoms with Crippen molar-refractivity contribution in [2.24, 2.45) is 0 Å². The average molecular weight is 591 g/mol. The van der Waals surface area contributed by atoms with Gasteiger partial charge in [0.05, 0.1) is 49.3 Å². The molecular formula is C33H43FN6O3. The summed E-state index contributed by atoms with van der Waals surface area (Å²) in [5, 5.41) is 7.83. The predicted molar refractivity (Wildman–Crippen MR) is 167 cm³/mol. The number of aryl methyl sites for hydroxylation is 1. The van der Waals surface area contributed by atoms with Crippen LogP contribution in [0, 0.1) is 12.7 Å². The van der Waals surface area contributed by atoms with Gasteiger partial charge in [0, 0.05) is 49.2 Å². The third-order valence-corrected chi connectivity index (χ3v) is 8.96. The number of halogens is 1. The molecule has 0 unspecified atom stereocenters. The van der Waals surface area contributed by atoms with E-state index in [1.165, 1.54) is 13.2 Å². The molecule has 230 valence electrons. The van der Waals surface area contributed by atoms with Crippen molar-refractivity contribution in [2.75, 3.05) is 56.3 Å². The van der Waals surface area contributed by atoms with Gasteiger partial charge in [-0.15, -0.1) is 0 Å². The van der Waals surface area contributed by atoms with Crippen LogP contribution in [-0.2, 0) is 4.74 Å². The summed E-state index contributed by atoms with van der Waals surface area (Å²) in [5.74, 6) is 0.584. The molecule has 1 aromatic carbocycles. The maximum absolute atomic E-state index is 14.6. The number of nitrogens with one attached hydrogen (secondary N) is 2. The third kappa shape index (κ3) is 5.99. The second-order valence-corrected chi connectivity index (χ2v) is 12.3. The monoisotopic (exact) mass is 590 g/mol. The molecule has 0 bridgehead atoms. The number of aromatic nitrogens is 2. The van der Waals surface area contributed by atoms with E-state index in [-0.39, 0.29) is 17.7 Å². The molecule has 2 N–H and O–H groups in total. The van der Waals surface area contributed by atoms with Gasteiger partial charge in [0.15, 0.2) is 11.6 Å². The number of carbonyl (C=O) groups is 1. The molecule has 3 aromatic rings. The lowest BCUT2D eigenvalue weighted by molar-refractivity contribution is 0.0928. The molecule has 0 radical (unpaired) electrons. The Hall–Kier alpha value is -3.50. The van der Waals surface area contributed by atoms with E-state index in [9.17, 15) is 9.18 Å². The fourth-order valence-electron chi connectivity index (χ4n) is 6.35. The first-order chi connectivity index (χ1) is 20.7. The molecule has 2 saturated heterocycles. The lowest BCUT2D eigenvalue weighted by Crippen LogP contribution is -2.45. The van der Waals surface area contributed by atoms with E-state index >= 15 is 0 Å². The highest BCUT2D eigenvalue weighted by molar-refractivity contribution is 6.12. The number of hydrogen-bond acceptors (Lipinski definition) is 8. The lowest BCUT2D eigenvalue weighted by atomic mass is 10.0. The molecule has 1 saturated carbocycles. The van der Waals surface area contributed by atoms with Crippen LogP contribution in [0.1, 0.15) is 79.3 Å². The molecule has 4 heterocycles. The number of pyridine rings is 2. The van der Waals surface area contributed by atoms with Crippen LogP contribution in [0.3, 0.4) is 0 Å². The van der Waals surface area contributed by atoms with Gasteiger partial charge in [0.1, 0.15) is 11.4 Å². The summed E-state index contributed by atoms with van der Waals surface area (Å²) in [5.41, 5.74) is 5.12. The Bertz CT molecular complexity index is 1510.